The van der Waals surface area contributed by atoms with Crippen LogP contribution in [0, 0.1) is 11.3 Å². The van der Waals surface area contributed by atoms with Crippen molar-refractivity contribution in [3.05, 3.63) is 90.5 Å². The molecule has 0 spiro atoms. The molecular formula is C46H14B14N4O. The Morgan fingerprint density at radius 2 is 0.815 bits per heavy atom. The van der Waals surface area contributed by atoms with Gasteiger partial charge in [-0.1, -0.05) is 86.8 Å². The normalized spacial score (nSPS) is 11.3. The SMILES string of the molecule is [B]c1c([B])c([B])c(-c2nc(-c3cccc(-c4cccc(C#N)c4)c3)nc(-c3ccc4c(c3)oc3cccc(-c5c([B])c([B])c([B])c(-c6c([B])c([B])c([B])c([B])c6[B])c5[B])c34)n2)c([B])c1[B]. The minimum absolute atomic E-state index is 0.00285. The van der Waals surface area contributed by atoms with Gasteiger partial charge in [-0.05, 0) is 69.8 Å². The monoisotopic (exact) mass is 792 g/mol. The van der Waals surface area contributed by atoms with E-state index in [-0.39, 0.29) is 111 Å². The number of aromatic nitrogens is 3. The summed E-state index contributed by atoms with van der Waals surface area (Å²) < 4.78 is 6.50. The molecule has 0 N–H and O–H groups in total. The van der Waals surface area contributed by atoms with E-state index in [1.807, 2.05) is 54.6 Å². The Morgan fingerprint density at radius 3 is 1.42 bits per heavy atom. The molecule has 28 radical (unpaired) electrons. The Balaban J connectivity index is 1.25. The third-order valence-corrected chi connectivity index (χ3v) is 11.6. The lowest BCUT2D eigenvalue weighted by Gasteiger charge is -2.28. The Hall–Kier alpha value is -6.25. The average Bonchev–Trinajstić information content (AvgIpc) is 3.70. The van der Waals surface area contributed by atoms with E-state index < -0.39 is 0 Å². The van der Waals surface area contributed by atoms with Crippen LogP contribution in [0.4, 0.5) is 0 Å². The van der Waals surface area contributed by atoms with E-state index in [9.17, 15) is 5.26 Å². The maximum Gasteiger partial charge on any atom is 0.164 e. The lowest BCUT2D eigenvalue weighted by atomic mass is 9.56. The second kappa shape index (κ2) is 16.6. The molecule has 0 aliphatic carbocycles. The highest BCUT2D eigenvalue weighted by molar-refractivity contribution is 6.71. The third kappa shape index (κ3) is 7.12. The van der Waals surface area contributed by atoms with Gasteiger partial charge in [-0.2, -0.15) is 5.26 Å². The number of hydrogen-bond acceptors (Lipinski definition) is 5. The second-order valence-corrected chi connectivity index (χ2v) is 15.4. The zero-order chi connectivity index (χ0) is 46.3. The molecule has 7 aromatic carbocycles. The second-order valence-electron chi connectivity index (χ2n) is 15.4. The highest BCUT2D eigenvalue weighted by atomic mass is 16.3. The van der Waals surface area contributed by atoms with Crippen molar-refractivity contribution >= 4 is 208 Å². The number of rotatable bonds is 6. The summed E-state index contributed by atoms with van der Waals surface area (Å²) in [7, 11) is 90.3. The number of hydrogen-bond donors (Lipinski definition) is 0. The lowest BCUT2D eigenvalue weighted by Crippen LogP contribution is -2.57. The van der Waals surface area contributed by atoms with Crippen molar-refractivity contribution in [2.75, 3.05) is 0 Å². The molecule has 2 aromatic heterocycles. The van der Waals surface area contributed by atoms with Crippen LogP contribution in [0.1, 0.15) is 5.56 Å². The van der Waals surface area contributed by atoms with Crippen molar-refractivity contribution in [2.45, 2.75) is 0 Å². The van der Waals surface area contributed by atoms with E-state index in [0.717, 1.165) is 11.1 Å². The summed E-state index contributed by atoms with van der Waals surface area (Å²) in [5, 5.41) is 10.9. The fraction of sp³-hybridized carbons (Fsp3) is 0. The first-order valence-corrected chi connectivity index (χ1v) is 19.6. The fourth-order valence-electron chi connectivity index (χ4n) is 8.12. The van der Waals surface area contributed by atoms with Crippen LogP contribution in [0.25, 0.3) is 89.5 Å². The van der Waals surface area contributed by atoms with Crippen molar-refractivity contribution < 1.29 is 4.42 Å². The first-order chi connectivity index (χ1) is 31.0. The molecule has 0 aliphatic heterocycles. The molecule has 0 amide bonds. The van der Waals surface area contributed by atoms with E-state index in [0.29, 0.717) is 49.8 Å². The van der Waals surface area contributed by atoms with Crippen molar-refractivity contribution in [1.29, 1.82) is 5.26 Å². The summed E-state index contributed by atoms with van der Waals surface area (Å²) >= 11 is 0. The molecule has 19 heteroatoms. The average molecular weight is 790 g/mol. The molecule has 9 rings (SSSR count). The molecule has 0 fully saturated rings. The molecule has 2 heterocycles. The molecule has 266 valence electrons. The number of fused-ring (bicyclic) bond motifs is 3. The molecule has 0 saturated carbocycles. The maximum atomic E-state index is 9.56. The van der Waals surface area contributed by atoms with Gasteiger partial charge in [-0.25, -0.2) is 15.0 Å². The van der Waals surface area contributed by atoms with Crippen LogP contribution in [0.15, 0.2) is 89.3 Å². The highest BCUT2D eigenvalue weighted by Crippen LogP contribution is 2.38. The van der Waals surface area contributed by atoms with Gasteiger partial charge in [-0.15, -0.1) is 38.2 Å². The molecule has 0 atom stereocenters. The summed E-state index contributed by atoms with van der Waals surface area (Å²) in [6.07, 6.45) is 0. The van der Waals surface area contributed by atoms with Crippen LogP contribution >= 0.6 is 0 Å². The summed E-state index contributed by atoms with van der Waals surface area (Å²) in [5.41, 5.74) is 6.08. The lowest BCUT2D eigenvalue weighted by molar-refractivity contribution is 0.669. The number of nitriles is 1. The van der Waals surface area contributed by atoms with Crippen molar-refractivity contribution in [2.24, 2.45) is 0 Å². The third-order valence-electron chi connectivity index (χ3n) is 11.6. The van der Waals surface area contributed by atoms with Gasteiger partial charge in [0.2, 0.25) is 0 Å². The zero-order valence-electron chi connectivity index (χ0n) is 34.4. The predicted octanol–water partition coefficient (Wildman–Crippen LogP) is -5.24. The van der Waals surface area contributed by atoms with Gasteiger partial charge in [0.1, 0.15) is 121 Å². The minimum atomic E-state index is 0.00285. The highest BCUT2D eigenvalue weighted by Gasteiger charge is 2.24. The van der Waals surface area contributed by atoms with Crippen molar-refractivity contribution in [3.63, 3.8) is 0 Å². The maximum absolute atomic E-state index is 9.56. The molecule has 0 aliphatic rings. The van der Waals surface area contributed by atoms with Crippen LogP contribution in [0.2, 0.25) is 0 Å². The van der Waals surface area contributed by atoms with Crippen LogP contribution in [-0.2, 0) is 0 Å². The van der Waals surface area contributed by atoms with Crippen molar-refractivity contribution in [3.8, 4) is 73.6 Å². The van der Waals surface area contributed by atoms with Crippen LogP contribution in [0.5, 0.6) is 0 Å². The first kappa shape index (κ1) is 44.0. The summed E-state index contributed by atoms with van der Waals surface area (Å²) in [5.74, 6) is 0.561. The van der Waals surface area contributed by atoms with E-state index >= 15 is 0 Å². The fourth-order valence-corrected chi connectivity index (χ4v) is 8.12. The first-order valence-electron chi connectivity index (χ1n) is 19.6. The van der Waals surface area contributed by atoms with E-state index in [1.165, 1.54) is 0 Å². The Kier molecular flexibility index (Phi) is 11.3. The summed E-state index contributed by atoms with van der Waals surface area (Å²) in [6, 6.07) is 27.8. The molecule has 5 nitrogen and oxygen atoms in total. The minimum Gasteiger partial charge on any atom is -0.456 e. The summed E-state index contributed by atoms with van der Waals surface area (Å²) in [6.45, 7) is 0. The standard InChI is InChI=1S/C46H14B14N4O/c47-30-26(31(48)37(54)32(49)27(30)28-33(50)38(55)42(59)39(56)34(28)51)22-8-3-9-23-25(22)21-11-10-20(14-24(21)65-23)45-62-44(19-7-2-6-18(13-19)17-5-1-4-16(12-17)15-61)63-46(64-45)29-35(52)40(57)43(60)41(58)36(29)53/h1-14H. The van der Waals surface area contributed by atoms with E-state index in [1.54, 1.807) is 30.3 Å². The molecule has 0 unspecified atom stereocenters. The summed E-state index contributed by atoms with van der Waals surface area (Å²) in [4.78, 5) is 14.6. The number of furan rings is 1. The van der Waals surface area contributed by atoms with Crippen molar-refractivity contribution in [1.82, 2.24) is 15.0 Å². The Labute approximate surface area is 394 Å². The van der Waals surface area contributed by atoms with Gasteiger partial charge >= 0.3 is 0 Å². The quantitative estimate of drug-likeness (QED) is 0.158. The molecule has 65 heavy (non-hydrogen) atoms. The van der Waals surface area contributed by atoms with Gasteiger partial charge in [0.25, 0.3) is 0 Å². The zero-order valence-corrected chi connectivity index (χ0v) is 34.4. The van der Waals surface area contributed by atoms with E-state index in [2.05, 4.69) is 6.07 Å². The van der Waals surface area contributed by atoms with E-state index in [4.69, 9.17) is 129 Å². The van der Waals surface area contributed by atoms with Gasteiger partial charge in [-0.3, -0.25) is 0 Å². The Bertz CT molecular complexity index is 3530. The smallest absolute Gasteiger partial charge is 0.164 e. The molecule has 9 aromatic rings. The Morgan fingerprint density at radius 1 is 0.369 bits per heavy atom. The topological polar surface area (TPSA) is 75.6 Å². The van der Waals surface area contributed by atoms with Gasteiger partial charge < -0.3 is 4.42 Å². The predicted molar refractivity (Wildman–Crippen MR) is 280 cm³/mol. The van der Waals surface area contributed by atoms with Gasteiger partial charge in [0.15, 0.2) is 17.5 Å². The van der Waals surface area contributed by atoms with Crippen LogP contribution in [-0.4, -0.2) is 125 Å². The van der Waals surface area contributed by atoms with Crippen LogP contribution < -0.4 is 76.5 Å². The van der Waals surface area contributed by atoms with Gasteiger partial charge in [0, 0.05) is 27.5 Å². The number of nitrogens with zero attached hydrogens (tertiary/aromatic N) is 4. The van der Waals surface area contributed by atoms with Gasteiger partial charge in [0.05, 0.1) is 11.6 Å². The molecule has 0 bridgehead atoms. The van der Waals surface area contributed by atoms with Crippen LogP contribution in [0.3, 0.4) is 0 Å². The molecule has 0 saturated heterocycles. The number of benzene rings is 7. The molecular weight excluding hydrogens is 776 g/mol. The largest absolute Gasteiger partial charge is 0.456 e.